The van der Waals surface area contributed by atoms with E-state index in [0.717, 1.165) is 17.7 Å². The van der Waals surface area contributed by atoms with Gasteiger partial charge in [0, 0.05) is 5.69 Å². The Balaban J connectivity index is 2.44. The standard InChI is InChI=1S/C9H8N2/c10-5-7-3-6-4-8(11)1-2-9(6)7/h1-2,4,7H,3,11H2. The van der Waals surface area contributed by atoms with Gasteiger partial charge < -0.3 is 5.73 Å². The highest BCUT2D eigenvalue weighted by molar-refractivity contribution is 5.52. The molecular weight excluding hydrogens is 136 g/mol. The maximum atomic E-state index is 8.62. The van der Waals surface area contributed by atoms with E-state index in [1.165, 1.54) is 5.56 Å². The molecule has 1 aliphatic rings. The summed E-state index contributed by atoms with van der Waals surface area (Å²) in [6, 6.07) is 7.98. The van der Waals surface area contributed by atoms with Crippen LogP contribution in [0.2, 0.25) is 0 Å². The maximum absolute atomic E-state index is 8.62. The Morgan fingerprint density at radius 2 is 2.36 bits per heavy atom. The molecule has 1 aromatic carbocycles. The molecule has 1 unspecified atom stereocenters. The fraction of sp³-hybridized carbons (Fsp3) is 0.222. The molecule has 0 spiro atoms. The summed E-state index contributed by atoms with van der Waals surface area (Å²) in [6.45, 7) is 0. The normalized spacial score (nSPS) is 19.7. The van der Waals surface area contributed by atoms with Crippen molar-refractivity contribution in [2.75, 3.05) is 5.73 Å². The van der Waals surface area contributed by atoms with E-state index >= 15 is 0 Å². The molecule has 1 aromatic rings. The largest absolute Gasteiger partial charge is 0.399 e. The third-order valence-electron chi connectivity index (χ3n) is 2.12. The van der Waals surface area contributed by atoms with Crippen molar-refractivity contribution in [3.05, 3.63) is 29.3 Å². The minimum atomic E-state index is 0.116. The van der Waals surface area contributed by atoms with Gasteiger partial charge in [0.2, 0.25) is 0 Å². The molecule has 2 nitrogen and oxygen atoms in total. The average Bonchev–Trinajstić information content (AvgIpc) is 1.95. The van der Waals surface area contributed by atoms with Crippen molar-refractivity contribution in [3.8, 4) is 6.07 Å². The molecule has 2 N–H and O–H groups in total. The zero-order chi connectivity index (χ0) is 7.84. The molecule has 0 amide bonds. The predicted molar refractivity (Wildman–Crippen MR) is 42.9 cm³/mol. The molecule has 0 fully saturated rings. The van der Waals surface area contributed by atoms with Gasteiger partial charge >= 0.3 is 0 Å². The van der Waals surface area contributed by atoms with Gasteiger partial charge in [-0.2, -0.15) is 5.26 Å². The van der Waals surface area contributed by atoms with Gasteiger partial charge in [0.25, 0.3) is 0 Å². The van der Waals surface area contributed by atoms with Crippen molar-refractivity contribution < 1.29 is 0 Å². The molecule has 0 bridgehead atoms. The van der Waals surface area contributed by atoms with E-state index in [4.69, 9.17) is 11.0 Å². The molecule has 2 heteroatoms. The van der Waals surface area contributed by atoms with Gasteiger partial charge in [-0.3, -0.25) is 0 Å². The summed E-state index contributed by atoms with van der Waals surface area (Å²) in [5.41, 5.74) is 8.74. The number of benzene rings is 1. The van der Waals surface area contributed by atoms with E-state index in [0.29, 0.717) is 0 Å². The van der Waals surface area contributed by atoms with E-state index in [1.807, 2.05) is 18.2 Å². The number of rotatable bonds is 0. The van der Waals surface area contributed by atoms with Crippen molar-refractivity contribution in [3.63, 3.8) is 0 Å². The second-order valence-corrected chi connectivity index (χ2v) is 2.84. The Morgan fingerprint density at radius 3 is 3.00 bits per heavy atom. The van der Waals surface area contributed by atoms with Crippen LogP contribution in [0.15, 0.2) is 18.2 Å². The zero-order valence-electron chi connectivity index (χ0n) is 6.04. The van der Waals surface area contributed by atoms with Crippen LogP contribution in [0.25, 0.3) is 0 Å². The third kappa shape index (κ3) is 0.779. The lowest BCUT2D eigenvalue weighted by Crippen LogP contribution is -2.15. The number of nitrogens with zero attached hydrogens (tertiary/aromatic N) is 1. The molecule has 0 saturated heterocycles. The molecule has 0 heterocycles. The highest BCUT2D eigenvalue weighted by Gasteiger charge is 2.25. The molecule has 0 aliphatic heterocycles. The van der Waals surface area contributed by atoms with Gasteiger partial charge in [0.1, 0.15) is 0 Å². The van der Waals surface area contributed by atoms with Gasteiger partial charge in [-0.05, 0) is 29.7 Å². The second-order valence-electron chi connectivity index (χ2n) is 2.84. The SMILES string of the molecule is N#CC1Cc2cc(N)ccc21. The molecule has 1 aliphatic carbocycles. The van der Waals surface area contributed by atoms with Crippen LogP contribution in [-0.4, -0.2) is 0 Å². The number of hydrogen-bond donors (Lipinski definition) is 1. The van der Waals surface area contributed by atoms with Crippen molar-refractivity contribution in [2.45, 2.75) is 12.3 Å². The van der Waals surface area contributed by atoms with E-state index < -0.39 is 0 Å². The summed E-state index contributed by atoms with van der Waals surface area (Å²) in [5.74, 6) is 0.116. The highest BCUT2D eigenvalue weighted by Crippen LogP contribution is 2.35. The summed E-state index contributed by atoms with van der Waals surface area (Å²) in [5, 5.41) is 8.62. The lowest BCUT2D eigenvalue weighted by Gasteiger charge is -2.24. The Labute approximate surface area is 65.3 Å². The van der Waals surface area contributed by atoms with Crippen molar-refractivity contribution in [1.82, 2.24) is 0 Å². The molecular formula is C9H8N2. The first-order valence-electron chi connectivity index (χ1n) is 3.59. The molecule has 0 radical (unpaired) electrons. The fourth-order valence-electron chi connectivity index (χ4n) is 1.46. The third-order valence-corrected chi connectivity index (χ3v) is 2.12. The van der Waals surface area contributed by atoms with E-state index in [1.54, 1.807) is 0 Å². The Hall–Kier alpha value is -1.49. The van der Waals surface area contributed by atoms with E-state index in [2.05, 4.69) is 6.07 Å². The van der Waals surface area contributed by atoms with Gasteiger partial charge in [-0.15, -0.1) is 0 Å². The summed E-state index contributed by atoms with van der Waals surface area (Å²) in [4.78, 5) is 0. The highest BCUT2D eigenvalue weighted by atomic mass is 14.5. The smallest absolute Gasteiger partial charge is 0.0755 e. The van der Waals surface area contributed by atoms with Crippen molar-refractivity contribution in [2.24, 2.45) is 0 Å². The number of hydrogen-bond acceptors (Lipinski definition) is 2. The number of nitrogen functional groups attached to an aromatic ring is 1. The van der Waals surface area contributed by atoms with Crippen LogP contribution in [-0.2, 0) is 6.42 Å². The van der Waals surface area contributed by atoms with Crippen molar-refractivity contribution >= 4 is 5.69 Å². The average molecular weight is 144 g/mol. The second kappa shape index (κ2) is 2.00. The summed E-state index contributed by atoms with van der Waals surface area (Å²) >= 11 is 0. The zero-order valence-corrected chi connectivity index (χ0v) is 6.04. The van der Waals surface area contributed by atoms with E-state index in [-0.39, 0.29) is 5.92 Å². The van der Waals surface area contributed by atoms with Gasteiger partial charge in [0.05, 0.1) is 12.0 Å². The van der Waals surface area contributed by atoms with Crippen molar-refractivity contribution in [1.29, 1.82) is 5.26 Å². The van der Waals surface area contributed by atoms with Crippen LogP contribution in [0.1, 0.15) is 17.0 Å². The quantitative estimate of drug-likeness (QED) is 0.560. The Morgan fingerprint density at radius 1 is 1.55 bits per heavy atom. The first-order valence-corrected chi connectivity index (χ1v) is 3.59. The summed E-state index contributed by atoms with van der Waals surface area (Å²) in [6.07, 6.45) is 0.872. The first-order chi connectivity index (χ1) is 5.31. The Kier molecular flexibility index (Phi) is 1.13. The van der Waals surface area contributed by atoms with Gasteiger partial charge in [-0.1, -0.05) is 6.07 Å². The maximum Gasteiger partial charge on any atom is 0.0755 e. The molecule has 54 valence electrons. The fourth-order valence-corrected chi connectivity index (χ4v) is 1.46. The van der Waals surface area contributed by atoms with Crippen LogP contribution in [0.5, 0.6) is 0 Å². The van der Waals surface area contributed by atoms with Crippen LogP contribution in [0, 0.1) is 11.3 Å². The topological polar surface area (TPSA) is 49.8 Å². The number of fused-ring (bicyclic) bond motifs is 1. The monoisotopic (exact) mass is 144 g/mol. The molecule has 0 aromatic heterocycles. The van der Waals surface area contributed by atoms with Crippen LogP contribution < -0.4 is 5.73 Å². The minimum absolute atomic E-state index is 0.116. The Bertz CT molecular complexity index is 336. The lowest BCUT2D eigenvalue weighted by atomic mass is 9.78. The summed E-state index contributed by atoms with van der Waals surface area (Å²) in [7, 11) is 0. The van der Waals surface area contributed by atoms with E-state index in [9.17, 15) is 0 Å². The molecule has 11 heavy (non-hydrogen) atoms. The molecule has 1 atom stereocenters. The first kappa shape index (κ1) is 6.23. The van der Waals surface area contributed by atoms with Crippen LogP contribution >= 0.6 is 0 Å². The lowest BCUT2D eigenvalue weighted by molar-refractivity contribution is 0.745. The number of nitriles is 1. The van der Waals surface area contributed by atoms with Crippen LogP contribution in [0.3, 0.4) is 0 Å². The summed E-state index contributed by atoms with van der Waals surface area (Å²) < 4.78 is 0. The molecule has 2 rings (SSSR count). The van der Waals surface area contributed by atoms with Gasteiger partial charge in [-0.25, -0.2) is 0 Å². The number of anilines is 1. The minimum Gasteiger partial charge on any atom is -0.399 e. The predicted octanol–water partition coefficient (Wildman–Crippen LogP) is 1.43. The molecule has 0 saturated carbocycles. The van der Waals surface area contributed by atoms with Gasteiger partial charge in [0.15, 0.2) is 0 Å². The number of nitrogens with two attached hydrogens (primary N) is 1. The van der Waals surface area contributed by atoms with Crippen LogP contribution in [0.4, 0.5) is 5.69 Å².